The smallest absolute Gasteiger partial charge is 0.306 e. The van der Waals surface area contributed by atoms with E-state index in [4.69, 9.17) is 18.5 Å². The number of ether oxygens (including phenoxy) is 2. The highest BCUT2D eigenvalue weighted by molar-refractivity contribution is 7.45. The van der Waals surface area contributed by atoms with Crippen molar-refractivity contribution in [2.24, 2.45) is 0 Å². The minimum absolute atomic E-state index is 0.0390. The second kappa shape index (κ2) is 46.1. The lowest BCUT2D eigenvalue weighted by Crippen LogP contribution is -2.37. The normalized spacial score (nSPS) is 13.8. The summed E-state index contributed by atoms with van der Waals surface area (Å²) in [4.78, 5) is 37.7. The van der Waals surface area contributed by atoms with Crippen molar-refractivity contribution < 1.29 is 42.1 Å². The van der Waals surface area contributed by atoms with Gasteiger partial charge in [0, 0.05) is 12.8 Å². The molecule has 0 aliphatic carbocycles. The van der Waals surface area contributed by atoms with Crippen LogP contribution in [0.4, 0.5) is 0 Å². The number of esters is 2. The maximum Gasteiger partial charge on any atom is 0.306 e. The summed E-state index contributed by atoms with van der Waals surface area (Å²) in [7, 11) is 1.14. The van der Waals surface area contributed by atoms with Gasteiger partial charge >= 0.3 is 11.9 Å². The van der Waals surface area contributed by atoms with Gasteiger partial charge < -0.3 is 27.9 Å². The summed E-state index contributed by atoms with van der Waals surface area (Å²) in [5, 5.41) is 0. The van der Waals surface area contributed by atoms with E-state index >= 15 is 0 Å². The predicted molar refractivity (Wildman–Crippen MR) is 268 cm³/mol. The zero-order valence-corrected chi connectivity index (χ0v) is 43.1. The van der Waals surface area contributed by atoms with Crippen LogP contribution in [-0.2, 0) is 32.7 Å². The van der Waals surface area contributed by atoms with Crippen LogP contribution in [0, 0.1) is 0 Å². The van der Waals surface area contributed by atoms with Gasteiger partial charge in [-0.1, -0.05) is 217 Å². The number of likely N-dealkylation sites (N-methyl/N-ethyl adjacent to an activating group) is 1. The van der Waals surface area contributed by atoms with Crippen molar-refractivity contribution in [1.29, 1.82) is 0 Å². The molecule has 0 fully saturated rings. The Morgan fingerprint density at radius 3 is 1.30 bits per heavy atom. The standard InChI is InChI=1S/C54H100NO8P/c1-6-8-10-12-14-16-18-20-22-24-25-26-27-28-29-31-33-35-37-39-41-43-45-47-54(57)63-52(51-62-64(58,59)61-49-48-55(3,4)5)50-60-53(56)46-44-42-40-38-36-34-32-30-23-21-19-17-15-13-11-9-7-2/h15,17,21,23,32,34,38,40,52H,6-14,16,18-20,22,24-31,33,35-37,39,41-51H2,1-5H3/b17-15+,23-21+,34-32+,40-38+/t52-/m1/s1. The van der Waals surface area contributed by atoms with Crippen LogP contribution in [0.5, 0.6) is 0 Å². The van der Waals surface area contributed by atoms with Crippen LogP contribution in [-0.4, -0.2) is 70.0 Å². The average Bonchev–Trinajstić information content (AvgIpc) is 3.25. The van der Waals surface area contributed by atoms with Crippen LogP contribution in [0.1, 0.15) is 232 Å². The van der Waals surface area contributed by atoms with Gasteiger partial charge in [0.15, 0.2) is 6.10 Å². The highest BCUT2D eigenvalue weighted by Crippen LogP contribution is 2.38. The molecule has 1 unspecified atom stereocenters. The molecule has 0 aromatic carbocycles. The zero-order chi connectivity index (χ0) is 47.1. The van der Waals surface area contributed by atoms with Crippen LogP contribution >= 0.6 is 7.82 Å². The minimum Gasteiger partial charge on any atom is -0.756 e. The van der Waals surface area contributed by atoms with E-state index in [1.807, 2.05) is 21.1 Å². The highest BCUT2D eigenvalue weighted by Gasteiger charge is 2.21. The first-order chi connectivity index (χ1) is 31.0. The van der Waals surface area contributed by atoms with Crippen molar-refractivity contribution >= 4 is 19.8 Å². The Labute approximate surface area is 394 Å². The number of rotatable bonds is 48. The van der Waals surface area contributed by atoms with Gasteiger partial charge in [-0.25, -0.2) is 0 Å². The lowest BCUT2D eigenvalue weighted by atomic mass is 10.0. The summed E-state index contributed by atoms with van der Waals surface area (Å²) in [6, 6.07) is 0. The fourth-order valence-corrected chi connectivity index (χ4v) is 7.97. The van der Waals surface area contributed by atoms with E-state index < -0.39 is 32.5 Å². The molecule has 0 saturated carbocycles. The largest absolute Gasteiger partial charge is 0.756 e. The van der Waals surface area contributed by atoms with Gasteiger partial charge in [-0.2, -0.15) is 0 Å². The molecular formula is C54H100NO8P. The molecule has 64 heavy (non-hydrogen) atoms. The van der Waals surface area contributed by atoms with E-state index in [2.05, 4.69) is 62.5 Å². The summed E-state index contributed by atoms with van der Waals surface area (Å²) in [6.07, 6.45) is 55.9. The summed E-state index contributed by atoms with van der Waals surface area (Å²) >= 11 is 0. The quantitative estimate of drug-likeness (QED) is 0.0195. The fourth-order valence-electron chi connectivity index (χ4n) is 7.24. The average molecular weight is 922 g/mol. The van der Waals surface area contributed by atoms with Crippen LogP contribution < -0.4 is 4.89 Å². The number of carbonyl (C=O) groups is 2. The molecule has 0 aromatic heterocycles. The molecule has 2 atom stereocenters. The van der Waals surface area contributed by atoms with Gasteiger partial charge in [0.05, 0.1) is 27.7 Å². The van der Waals surface area contributed by atoms with Crippen LogP contribution in [0.2, 0.25) is 0 Å². The lowest BCUT2D eigenvalue weighted by Gasteiger charge is -2.28. The molecule has 374 valence electrons. The summed E-state index contributed by atoms with van der Waals surface area (Å²) < 4.78 is 34.0. The molecule has 0 N–H and O–H groups in total. The number of phosphoric acid groups is 1. The Morgan fingerprint density at radius 1 is 0.484 bits per heavy atom. The first kappa shape index (κ1) is 62.0. The Hall–Kier alpha value is -2.03. The molecule has 0 spiro atoms. The first-order valence-electron chi connectivity index (χ1n) is 26.3. The van der Waals surface area contributed by atoms with E-state index in [0.29, 0.717) is 23.9 Å². The van der Waals surface area contributed by atoms with Gasteiger partial charge in [0.1, 0.15) is 19.8 Å². The Morgan fingerprint density at radius 2 is 0.859 bits per heavy atom. The van der Waals surface area contributed by atoms with Crippen molar-refractivity contribution in [1.82, 2.24) is 0 Å². The molecule has 0 bridgehead atoms. The number of hydrogen-bond donors (Lipinski definition) is 0. The molecule has 10 heteroatoms. The van der Waals surface area contributed by atoms with Gasteiger partial charge in [0.25, 0.3) is 7.82 Å². The van der Waals surface area contributed by atoms with Crippen molar-refractivity contribution in [3.63, 3.8) is 0 Å². The monoisotopic (exact) mass is 922 g/mol. The van der Waals surface area contributed by atoms with E-state index in [1.54, 1.807) is 0 Å². The van der Waals surface area contributed by atoms with Crippen LogP contribution in [0.3, 0.4) is 0 Å². The number of phosphoric ester groups is 1. The third-order valence-electron chi connectivity index (χ3n) is 11.4. The summed E-state index contributed by atoms with van der Waals surface area (Å²) in [5.41, 5.74) is 0. The van der Waals surface area contributed by atoms with Gasteiger partial charge in [-0.3, -0.25) is 14.2 Å². The molecule has 0 saturated heterocycles. The van der Waals surface area contributed by atoms with Crippen molar-refractivity contribution in [3.8, 4) is 0 Å². The highest BCUT2D eigenvalue weighted by atomic mass is 31.2. The molecule has 0 heterocycles. The van der Waals surface area contributed by atoms with E-state index in [-0.39, 0.29) is 26.1 Å². The number of unbranched alkanes of at least 4 members (excludes halogenated alkanes) is 26. The van der Waals surface area contributed by atoms with Gasteiger partial charge in [0.2, 0.25) is 0 Å². The Kier molecular flexibility index (Phi) is 44.6. The molecule has 0 radical (unpaired) electrons. The van der Waals surface area contributed by atoms with Crippen LogP contribution in [0.15, 0.2) is 48.6 Å². The molecule has 0 rings (SSSR count). The number of quaternary nitrogens is 1. The van der Waals surface area contributed by atoms with E-state index in [9.17, 15) is 19.0 Å². The number of nitrogens with zero attached hydrogens (tertiary/aromatic N) is 1. The van der Waals surface area contributed by atoms with Crippen LogP contribution in [0.25, 0.3) is 0 Å². The summed E-state index contributed by atoms with van der Waals surface area (Å²) in [5.74, 6) is -0.892. The van der Waals surface area contributed by atoms with Crippen molar-refractivity contribution in [3.05, 3.63) is 48.6 Å². The van der Waals surface area contributed by atoms with Crippen molar-refractivity contribution in [2.75, 3.05) is 47.5 Å². The minimum atomic E-state index is -4.64. The fraction of sp³-hybridized carbons (Fsp3) is 0.815. The van der Waals surface area contributed by atoms with Gasteiger partial charge in [-0.15, -0.1) is 0 Å². The van der Waals surface area contributed by atoms with Crippen molar-refractivity contribution in [2.45, 2.75) is 238 Å². The number of carbonyl (C=O) groups excluding carboxylic acids is 2. The summed E-state index contributed by atoms with van der Waals surface area (Å²) in [6.45, 7) is 4.17. The van der Waals surface area contributed by atoms with E-state index in [1.165, 1.54) is 148 Å². The topological polar surface area (TPSA) is 111 Å². The third-order valence-corrected chi connectivity index (χ3v) is 12.3. The van der Waals surface area contributed by atoms with E-state index in [0.717, 1.165) is 44.9 Å². The molecule has 0 aliphatic rings. The van der Waals surface area contributed by atoms with Gasteiger partial charge in [-0.05, 0) is 51.4 Å². The maximum absolute atomic E-state index is 12.8. The second-order valence-electron chi connectivity index (χ2n) is 18.9. The molecule has 9 nitrogen and oxygen atoms in total. The molecule has 0 aromatic rings. The predicted octanol–water partition coefficient (Wildman–Crippen LogP) is 15.2. The number of allylic oxidation sites excluding steroid dienone is 8. The zero-order valence-electron chi connectivity index (χ0n) is 42.2. The molecule has 0 amide bonds. The third kappa shape index (κ3) is 49.4. The SMILES string of the molecule is CCCCC/C=C/C/C=C/C/C=C/C/C=C/CCCC(=O)OC[C@H](COP(=O)([O-])OCC[N+](C)(C)C)OC(=O)CCCCCCCCCCCCCCCCCCCCCCCCC. The second-order valence-corrected chi connectivity index (χ2v) is 20.3. The Bertz CT molecular complexity index is 1230. The first-order valence-corrected chi connectivity index (χ1v) is 27.8. The number of hydrogen-bond acceptors (Lipinski definition) is 8. The lowest BCUT2D eigenvalue weighted by molar-refractivity contribution is -0.870. The molecule has 0 aliphatic heterocycles. The Balaban J connectivity index is 4.26. The maximum atomic E-state index is 12.8. The molecular weight excluding hydrogens is 822 g/mol.